The maximum Gasteiger partial charge on any atom is 0.128 e. The third kappa shape index (κ3) is 4.96. The average Bonchev–Trinajstić information content (AvgIpc) is 3.08. The second-order valence-corrected chi connectivity index (χ2v) is 6.33. The molecule has 1 aliphatic rings. The standard InChI is InChI=1S/C19H22ClNO2/c20-17-8-9-19(23-14-15-5-2-1-3-6-15)16(11-17)12-21-13-18-7-4-10-22-18/h1-3,5-6,8-9,11,18,21H,4,7,10,12-14H2/p+1/t18-/m1/s1. The minimum atomic E-state index is 0.392. The first-order chi connectivity index (χ1) is 11.3. The molecule has 4 heteroatoms. The highest BCUT2D eigenvalue weighted by molar-refractivity contribution is 6.30. The van der Waals surface area contributed by atoms with Crippen molar-refractivity contribution in [2.75, 3.05) is 13.2 Å². The topological polar surface area (TPSA) is 35.1 Å². The van der Waals surface area contributed by atoms with Gasteiger partial charge in [-0.25, -0.2) is 0 Å². The van der Waals surface area contributed by atoms with E-state index in [2.05, 4.69) is 17.4 Å². The lowest BCUT2D eigenvalue weighted by atomic mass is 10.2. The summed E-state index contributed by atoms with van der Waals surface area (Å²) in [6, 6.07) is 16.0. The number of halogens is 1. The number of ether oxygens (including phenoxy) is 2. The van der Waals surface area contributed by atoms with Crippen molar-refractivity contribution in [1.29, 1.82) is 0 Å². The van der Waals surface area contributed by atoms with Gasteiger partial charge in [-0.15, -0.1) is 0 Å². The zero-order chi connectivity index (χ0) is 15.9. The lowest BCUT2D eigenvalue weighted by Crippen LogP contribution is -2.84. The highest BCUT2D eigenvalue weighted by Gasteiger charge is 2.17. The smallest absolute Gasteiger partial charge is 0.128 e. The van der Waals surface area contributed by atoms with Gasteiger partial charge in [0.05, 0.1) is 0 Å². The maximum atomic E-state index is 6.15. The van der Waals surface area contributed by atoms with E-state index in [0.29, 0.717) is 12.7 Å². The molecule has 3 rings (SSSR count). The fraction of sp³-hybridized carbons (Fsp3) is 0.368. The molecule has 0 bridgehead atoms. The van der Waals surface area contributed by atoms with Crippen molar-refractivity contribution < 1.29 is 14.8 Å². The summed E-state index contributed by atoms with van der Waals surface area (Å²) in [5, 5.41) is 3.02. The minimum Gasteiger partial charge on any atom is -0.488 e. The number of nitrogens with two attached hydrogens (primary N) is 1. The molecule has 0 radical (unpaired) electrons. The normalized spacial score (nSPS) is 17.3. The molecule has 1 fully saturated rings. The van der Waals surface area contributed by atoms with E-state index >= 15 is 0 Å². The molecule has 0 aliphatic carbocycles. The van der Waals surface area contributed by atoms with Gasteiger partial charge in [-0.2, -0.15) is 0 Å². The summed E-state index contributed by atoms with van der Waals surface area (Å²) >= 11 is 6.15. The van der Waals surface area contributed by atoms with Crippen LogP contribution >= 0.6 is 11.6 Å². The first-order valence-corrected chi connectivity index (χ1v) is 8.57. The highest BCUT2D eigenvalue weighted by Crippen LogP contribution is 2.23. The molecule has 1 heterocycles. The van der Waals surface area contributed by atoms with Crippen LogP contribution in [0.5, 0.6) is 5.75 Å². The Morgan fingerprint density at radius 3 is 2.83 bits per heavy atom. The van der Waals surface area contributed by atoms with Gasteiger partial charge in [0.1, 0.15) is 31.5 Å². The van der Waals surface area contributed by atoms with E-state index in [0.717, 1.165) is 41.6 Å². The molecule has 0 aromatic heterocycles. The molecule has 23 heavy (non-hydrogen) atoms. The molecule has 2 aromatic carbocycles. The van der Waals surface area contributed by atoms with Crippen LogP contribution in [-0.4, -0.2) is 19.3 Å². The van der Waals surface area contributed by atoms with Gasteiger partial charge in [-0.1, -0.05) is 41.9 Å². The van der Waals surface area contributed by atoms with E-state index in [1.54, 1.807) is 0 Å². The lowest BCUT2D eigenvalue weighted by Gasteiger charge is -2.13. The Morgan fingerprint density at radius 2 is 2.04 bits per heavy atom. The van der Waals surface area contributed by atoms with Gasteiger partial charge in [0, 0.05) is 17.2 Å². The quantitative estimate of drug-likeness (QED) is 0.845. The highest BCUT2D eigenvalue weighted by atomic mass is 35.5. The first-order valence-electron chi connectivity index (χ1n) is 8.19. The molecule has 0 amide bonds. The molecule has 2 aromatic rings. The van der Waals surface area contributed by atoms with E-state index in [4.69, 9.17) is 21.1 Å². The Kier molecular flexibility index (Phi) is 5.92. The van der Waals surface area contributed by atoms with Crippen LogP contribution in [0.25, 0.3) is 0 Å². The summed E-state index contributed by atoms with van der Waals surface area (Å²) in [5.74, 6) is 0.904. The van der Waals surface area contributed by atoms with Crippen molar-refractivity contribution in [3.8, 4) is 5.75 Å². The Balaban J connectivity index is 1.58. The van der Waals surface area contributed by atoms with Crippen LogP contribution in [0, 0.1) is 0 Å². The Hall–Kier alpha value is -1.55. The molecule has 3 nitrogen and oxygen atoms in total. The Morgan fingerprint density at radius 1 is 1.17 bits per heavy atom. The first kappa shape index (κ1) is 16.3. The van der Waals surface area contributed by atoms with Gasteiger partial charge < -0.3 is 14.8 Å². The summed E-state index contributed by atoms with van der Waals surface area (Å²) in [6.07, 6.45) is 2.74. The monoisotopic (exact) mass is 332 g/mol. The zero-order valence-corrected chi connectivity index (χ0v) is 14.0. The largest absolute Gasteiger partial charge is 0.488 e. The van der Waals surface area contributed by atoms with Crippen LogP contribution < -0.4 is 10.1 Å². The van der Waals surface area contributed by atoms with Crippen molar-refractivity contribution in [3.05, 3.63) is 64.7 Å². The zero-order valence-electron chi connectivity index (χ0n) is 13.2. The van der Waals surface area contributed by atoms with Crippen LogP contribution in [0.15, 0.2) is 48.5 Å². The maximum absolute atomic E-state index is 6.15. The van der Waals surface area contributed by atoms with Gasteiger partial charge >= 0.3 is 0 Å². The number of benzene rings is 2. The fourth-order valence-electron chi connectivity index (χ4n) is 2.84. The molecule has 1 atom stereocenters. The molecule has 0 saturated carbocycles. The van der Waals surface area contributed by atoms with Crippen LogP contribution in [0.4, 0.5) is 0 Å². The molecule has 1 saturated heterocycles. The SMILES string of the molecule is Clc1ccc(OCc2ccccc2)c(C[NH2+]C[C@H]2CCCO2)c1. The van der Waals surface area contributed by atoms with Gasteiger partial charge in [0.25, 0.3) is 0 Å². The molecule has 122 valence electrons. The van der Waals surface area contributed by atoms with Crippen LogP contribution in [0.3, 0.4) is 0 Å². The number of hydrogen-bond acceptors (Lipinski definition) is 2. The third-order valence-corrected chi connectivity index (χ3v) is 4.31. The van der Waals surface area contributed by atoms with Crippen molar-refractivity contribution in [2.24, 2.45) is 0 Å². The number of hydrogen-bond donors (Lipinski definition) is 1. The summed E-state index contributed by atoms with van der Waals surface area (Å²) in [5.41, 5.74) is 2.29. The van der Waals surface area contributed by atoms with E-state index in [9.17, 15) is 0 Å². The average molecular weight is 333 g/mol. The minimum absolute atomic E-state index is 0.392. The summed E-state index contributed by atoms with van der Waals surface area (Å²) in [4.78, 5) is 0. The van der Waals surface area contributed by atoms with Gasteiger partial charge in [-0.05, 0) is 36.6 Å². The van der Waals surface area contributed by atoms with Crippen LogP contribution in [0.1, 0.15) is 24.0 Å². The molecular weight excluding hydrogens is 310 g/mol. The van der Waals surface area contributed by atoms with Crippen molar-refractivity contribution >= 4 is 11.6 Å². The molecule has 1 aliphatic heterocycles. The van der Waals surface area contributed by atoms with E-state index in [1.807, 2.05) is 36.4 Å². The summed E-state index contributed by atoms with van der Waals surface area (Å²) in [7, 11) is 0. The number of rotatable bonds is 7. The Bertz CT molecular complexity index is 612. The summed E-state index contributed by atoms with van der Waals surface area (Å²) in [6.45, 7) is 3.32. The number of quaternary nitrogens is 1. The fourth-order valence-corrected chi connectivity index (χ4v) is 3.03. The van der Waals surface area contributed by atoms with Crippen molar-refractivity contribution in [2.45, 2.75) is 32.1 Å². The van der Waals surface area contributed by atoms with Crippen LogP contribution in [-0.2, 0) is 17.9 Å². The molecule has 2 N–H and O–H groups in total. The van der Waals surface area contributed by atoms with Crippen molar-refractivity contribution in [3.63, 3.8) is 0 Å². The van der Waals surface area contributed by atoms with Crippen molar-refractivity contribution in [1.82, 2.24) is 0 Å². The third-order valence-electron chi connectivity index (χ3n) is 4.08. The molecule has 0 spiro atoms. The second kappa shape index (κ2) is 8.34. The Labute approximate surface area is 142 Å². The predicted octanol–water partition coefficient (Wildman–Crippen LogP) is 3.16. The van der Waals surface area contributed by atoms with Gasteiger partial charge in [0.15, 0.2) is 0 Å². The lowest BCUT2D eigenvalue weighted by molar-refractivity contribution is -0.676. The van der Waals surface area contributed by atoms with E-state index < -0.39 is 0 Å². The molecular formula is C19H23ClNO2+. The summed E-state index contributed by atoms with van der Waals surface area (Å²) < 4.78 is 11.7. The predicted molar refractivity (Wildman–Crippen MR) is 91.7 cm³/mol. The second-order valence-electron chi connectivity index (χ2n) is 5.89. The van der Waals surface area contributed by atoms with Gasteiger partial charge in [-0.3, -0.25) is 0 Å². The van der Waals surface area contributed by atoms with E-state index in [1.165, 1.54) is 12.8 Å². The van der Waals surface area contributed by atoms with Crippen LogP contribution in [0.2, 0.25) is 5.02 Å². The van der Waals surface area contributed by atoms with Gasteiger partial charge in [0.2, 0.25) is 0 Å². The van der Waals surface area contributed by atoms with E-state index in [-0.39, 0.29) is 0 Å². The molecule has 0 unspecified atom stereocenters.